The Balaban J connectivity index is 1.43. The number of aryl methyl sites for hydroxylation is 1. The van der Waals surface area contributed by atoms with Crippen molar-refractivity contribution in [1.82, 2.24) is 4.31 Å². The Morgan fingerprint density at radius 1 is 1.20 bits per heavy atom. The van der Waals surface area contributed by atoms with Gasteiger partial charge < -0.3 is 5.32 Å². The maximum absolute atomic E-state index is 14.0. The van der Waals surface area contributed by atoms with Crippen LogP contribution < -0.4 is 5.32 Å². The summed E-state index contributed by atoms with van der Waals surface area (Å²) in [5.41, 5.74) is 1.64. The van der Waals surface area contributed by atoms with Gasteiger partial charge in [-0.05, 0) is 56.2 Å². The number of hydrogen-bond acceptors (Lipinski definition) is 5. The van der Waals surface area contributed by atoms with E-state index in [1.165, 1.54) is 38.7 Å². The number of rotatable bonds is 4. The lowest BCUT2D eigenvalue weighted by molar-refractivity contribution is -0.120. The van der Waals surface area contributed by atoms with Crippen molar-refractivity contribution >= 4 is 32.3 Å². The minimum Gasteiger partial charge on any atom is -0.316 e. The molecule has 6 nitrogen and oxygen atoms in total. The monoisotopic (exact) mass is 447 g/mol. The van der Waals surface area contributed by atoms with Gasteiger partial charge in [0.2, 0.25) is 15.9 Å². The number of nitrogens with one attached hydrogen (secondary N) is 1. The Hall–Kier alpha value is -2.28. The number of carbonyl (C=O) groups is 1. The van der Waals surface area contributed by atoms with E-state index in [1.807, 2.05) is 0 Å². The molecule has 1 saturated heterocycles. The van der Waals surface area contributed by atoms with Crippen LogP contribution in [0.1, 0.15) is 41.7 Å². The van der Waals surface area contributed by atoms with E-state index in [-0.39, 0.29) is 29.8 Å². The predicted molar refractivity (Wildman–Crippen MR) is 112 cm³/mol. The second-order valence-electron chi connectivity index (χ2n) is 7.62. The molecule has 1 aromatic carbocycles. The van der Waals surface area contributed by atoms with E-state index in [1.54, 1.807) is 0 Å². The van der Waals surface area contributed by atoms with Gasteiger partial charge in [0.05, 0.1) is 5.56 Å². The Bertz CT molecular complexity index is 1110. The average Bonchev–Trinajstić information content (AvgIpc) is 3.10. The number of thiophene rings is 1. The van der Waals surface area contributed by atoms with Crippen molar-refractivity contribution in [2.75, 3.05) is 18.4 Å². The maximum atomic E-state index is 14.0. The first-order valence-electron chi connectivity index (χ1n) is 10.0. The summed E-state index contributed by atoms with van der Waals surface area (Å²) in [4.78, 5) is 13.6. The van der Waals surface area contributed by atoms with Gasteiger partial charge in [-0.15, -0.1) is 11.3 Å². The van der Waals surface area contributed by atoms with Crippen molar-refractivity contribution in [3.63, 3.8) is 0 Å². The molecule has 0 saturated carbocycles. The number of amides is 1. The molecule has 0 atom stereocenters. The molecule has 2 heterocycles. The summed E-state index contributed by atoms with van der Waals surface area (Å²) in [5, 5.41) is 13.1. The van der Waals surface area contributed by atoms with Crippen molar-refractivity contribution in [3.8, 4) is 6.07 Å². The highest BCUT2D eigenvalue weighted by atomic mass is 32.2. The molecule has 2 aromatic rings. The van der Waals surface area contributed by atoms with E-state index >= 15 is 0 Å². The molecular formula is C21H22FN3O3S2. The third kappa shape index (κ3) is 3.87. The van der Waals surface area contributed by atoms with Crippen LogP contribution in [0.15, 0.2) is 29.2 Å². The topological polar surface area (TPSA) is 90.3 Å². The molecule has 1 aliphatic carbocycles. The summed E-state index contributed by atoms with van der Waals surface area (Å²) in [6, 6.07) is 7.55. The maximum Gasteiger partial charge on any atom is 0.245 e. The van der Waals surface area contributed by atoms with Crippen LogP contribution in [-0.2, 0) is 27.7 Å². The number of hydrogen-bond donors (Lipinski definition) is 1. The lowest BCUT2D eigenvalue weighted by Crippen LogP contribution is -2.41. The van der Waals surface area contributed by atoms with Gasteiger partial charge in [0.25, 0.3) is 0 Å². The standard InChI is InChI=1S/C21H22FN3O3S2/c22-17-6-2-4-8-19(17)30(27,28)25-11-9-14(10-12-25)20(26)24-21-16(13-23)15-5-1-3-7-18(15)29-21/h2,4,6,8,14H,1,3,5,7,9-12H2,(H,24,26). The average molecular weight is 448 g/mol. The number of nitriles is 1. The lowest BCUT2D eigenvalue weighted by Gasteiger charge is -2.30. The number of sulfonamides is 1. The number of nitrogens with zero attached hydrogens (tertiary/aromatic N) is 2. The highest BCUT2D eigenvalue weighted by molar-refractivity contribution is 7.89. The summed E-state index contributed by atoms with van der Waals surface area (Å²) < 4.78 is 40.6. The van der Waals surface area contributed by atoms with Crippen LogP contribution in [0.2, 0.25) is 0 Å². The molecule has 30 heavy (non-hydrogen) atoms. The summed E-state index contributed by atoms with van der Waals surface area (Å²) in [6.07, 6.45) is 4.67. The van der Waals surface area contributed by atoms with Crippen LogP contribution in [0, 0.1) is 23.1 Å². The molecule has 0 unspecified atom stereocenters. The molecule has 1 N–H and O–H groups in total. The molecule has 9 heteroatoms. The van der Waals surface area contributed by atoms with Gasteiger partial charge >= 0.3 is 0 Å². The zero-order chi connectivity index (χ0) is 21.3. The Labute approximate surface area is 179 Å². The van der Waals surface area contributed by atoms with Crippen molar-refractivity contribution in [2.45, 2.75) is 43.4 Å². The molecular weight excluding hydrogens is 425 g/mol. The van der Waals surface area contributed by atoms with Gasteiger partial charge in [0.1, 0.15) is 21.8 Å². The van der Waals surface area contributed by atoms with Crippen LogP contribution in [0.5, 0.6) is 0 Å². The van der Waals surface area contributed by atoms with E-state index in [4.69, 9.17) is 0 Å². The van der Waals surface area contributed by atoms with Crippen LogP contribution in [-0.4, -0.2) is 31.7 Å². The van der Waals surface area contributed by atoms with Crippen molar-refractivity contribution in [3.05, 3.63) is 46.1 Å². The fourth-order valence-electron chi connectivity index (χ4n) is 4.14. The van der Waals surface area contributed by atoms with Crippen LogP contribution in [0.25, 0.3) is 0 Å². The minimum atomic E-state index is -3.93. The summed E-state index contributed by atoms with van der Waals surface area (Å²) in [5.74, 6) is -1.31. The van der Waals surface area contributed by atoms with Gasteiger partial charge in [0, 0.05) is 23.9 Å². The Morgan fingerprint density at radius 2 is 1.90 bits per heavy atom. The third-order valence-corrected chi connectivity index (χ3v) is 8.94. The van der Waals surface area contributed by atoms with Gasteiger partial charge in [-0.3, -0.25) is 4.79 Å². The fraction of sp³-hybridized carbons (Fsp3) is 0.429. The van der Waals surface area contributed by atoms with E-state index in [2.05, 4.69) is 11.4 Å². The highest BCUT2D eigenvalue weighted by Crippen LogP contribution is 2.38. The van der Waals surface area contributed by atoms with Gasteiger partial charge in [-0.1, -0.05) is 12.1 Å². The molecule has 1 aromatic heterocycles. The first kappa shape index (κ1) is 21.0. The predicted octanol–water partition coefficient (Wildman–Crippen LogP) is 3.68. The number of piperidine rings is 1. The summed E-state index contributed by atoms with van der Waals surface area (Å²) >= 11 is 1.48. The zero-order valence-electron chi connectivity index (χ0n) is 16.4. The minimum absolute atomic E-state index is 0.154. The molecule has 0 radical (unpaired) electrons. The normalized spacial score (nSPS) is 17.9. The van der Waals surface area contributed by atoms with Gasteiger partial charge in [-0.2, -0.15) is 9.57 Å². The molecule has 4 rings (SSSR count). The van der Waals surface area contributed by atoms with Gasteiger partial charge in [0.15, 0.2) is 0 Å². The molecule has 0 bridgehead atoms. The SMILES string of the molecule is N#Cc1c(NC(=O)C2CCN(S(=O)(=O)c3ccccc3F)CC2)sc2c1CCCC2. The number of fused-ring (bicyclic) bond motifs is 1. The molecule has 2 aliphatic rings. The molecule has 1 aliphatic heterocycles. The zero-order valence-corrected chi connectivity index (χ0v) is 18.0. The van der Waals surface area contributed by atoms with Crippen molar-refractivity contribution in [1.29, 1.82) is 5.26 Å². The first-order chi connectivity index (χ1) is 14.4. The molecule has 1 fully saturated rings. The lowest BCUT2D eigenvalue weighted by atomic mass is 9.95. The summed E-state index contributed by atoms with van der Waals surface area (Å²) in [6.45, 7) is 0.307. The summed E-state index contributed by atoms with van der Waals surface area (Å²) in [7, 11) is -3.93. The number of anilines is 1. The van der Waals surface area contributed by atoms with E-state index in [9.17, 15) is 22.9 Å². The number of carbonyl (C=O) groups excluding carboxylic acids is 1. The molecule has 0 spiro atoms. The number of benzene rings is 1. The quantitative estimate of drug-likeness (QED) is 0.774. The third-order valence-electron chi connectivity index (χ3n) is 5.80. The Morgan fingerprint density at radius 3 is 2.60 bits per heavy atom. The van der Waals surface area contributed by atoms with Crippen molar-refractivity contribution in [2.24, 2.45) is 5.92 Å². The first-order valence-corrected chi connectivity index (χ1v) is 12.3. The Kier molecular flexibility index (Phi) is 5.91. The van der Waals surface area contributed by atoms with E-state index in [0.717, 1.165) is 37.3 Å². The largest absolute Gasteiger partial charge is 0.316 e. The van der Waals surface area contributed by atoms with Crippen LogP contribution in [0.3, 0.4) is 0 Å². The number of halogens is 1. The smallest absolute Gasteiger partial charge is 0.245 e. The fourth-order valence-corrected chi connectivity index (χ4v) is 6.91. The molecule has 1 amide bonds. The van der Waals surface area contributed by atoms with E-state index < -0.39 is 15.8 Å². The molecule has 158 valence electrons. The van der Waals surface area contributed by atoms with Crippen molar-refractivity contribution < 1.29 is 17.6 Å². The van der Waals surface area contributed by atoms with Gasteiger partial charge in [-0.25, -0.2) is 12.8 Å². The van der Waals surface area contributed by atoms with E-state index in [0.29, 0.717) is 23.4 Å². The van der Waals surface area contributed by atoms with Crippen LogP contribution in [0.4, 0.5) is 9.39 Å². The highest BCUT2D eigenvalue weighted by Gasteiger charge is 2.34. The second kappa shape index (κ2) is 8.46. The second-order valence-corrected chi connectivity index (χ2v) is 10.6. The van der Waals surface area contributed by atoms with Crippen LogP contribution >= 0.6 is 11.3 Å².